The SMILES string of the molecule is Brc1ccc2[nH]cc([C@@H](C3CCC3)N3CCNCC3)c2c1.Cl.Cl. The second-order valence-electron chi connectivity index (χ2n) is 6.36. The lowest BCUT2D eigenvalue weighted by Gasteiger charge is -2.43. The Bertz CT molecular complexity index is 636. The van der Waals surface area contributed by atoms with Crippen LogP contribution in [0.25, 0.3) is 10.9 Å². The van der Waals surface area contributed by atoms with E-state index in [1.807, 2.05) is 0 Å². The topological polar surface area (TPSA) is 31.1 Å². The highest BCUT2D eigenvalue weighted by Crippen LogP contribution is 2.43. The number of rotatable bonds is 3. The van der Waals surface area contributed by atoms with Gasteiger partial charge in [0.1, 0.15) is 0 Å². The van der Waals surface area contributed by atoms with Crippen molar-refractivity contribution < 1.29 is 0 Å². The Labute approximate surface area is 158 Å². The average Bonchev–Trinajstić information content (AvgIpc) is 2.86. The first kappa shape index (κ1) is 19.1. The second kappa shape index (κ2) is 8.21. The van der Waals surface area contributed by atoms with Crippen LogP contribution in [0.15, 0.2) is 28.9 Å². The molecule has 2 N–H and O–H groups in total. The number of hydrogen-bond donors (Lipinski definition) is 2. The summed E-state index contributed by atoms with van der Waals surface area (Å²) in [6.07, 6.45) is 6.42. The summed E-state index contributed by atoms with van der Waals surface area (Å²) >= 11 is 3.63. The third-order valence-corrected chi connectivity index (χ3v) is 5.63. The summed E-state index contributed by atoms with van der Waals surface area (Å²) in [4.78, 5) is 6.17. The van der Waals surface area contributed by atoms with Crippen LogP contribution in [0.3, 0.4) is 0 Å². The van der Waals surface area contributed by atoms with Gasteiger partial charge in [0, 0.05) is 53.8 Å². The molecule has 2 fully saturated rings. The van der Waals surface area contributed by atoms with E-state index in [2.05, 4.69) is 55.5 Å². The normalized spacial score (nSPS) is 20.4. The standard InChI is InChI=1S/C17H22BrN3.2ClH/c18-13-4-5-16-14(10-13)15(11-20-16)17(12-2-1-3-12)21-8-6-19-7-9-21;;/h4-5,10-12,17,19-20H,1-3,6-9H2;2*1H/t17-;;/m1../s1. The molecule has 2 heterocycles. The van der Waals surface area contributed by atoms with Gasteiger partial charge in [0.05, 0.1) is 0 Å². The van der Waals surface area contributed by atoms with E-state index >= 15 is 0 Å². The van der Waals surface area contributed by atoms with Crippen LogP contribution in [-0.2, 0) is 0 Å². The van der Waals surface area contributed by atoms with E-state index in [0.29, 0.717) is 6.04 Å². The van der Waals surface area contributed by atoms with Crippen LogP contribution in [0.4, 0.5) is 0 Å². The highest BCUT2D eigenvalue weighted by molar-refractivity contribution is 9.10. The van der Waals surface area contributed by atoms with Crippen LogP contribution in [0.2, 0.25) is 0 Å². The Morgan fingerprint density at radius 1 is 1.13 bits per heavy atom. The van der Waals surface area contributed by atoms with Gasteiger partial charge in [0.15, 0.2) is 0 Å². The van der Waals surface area contributed by atoms with E-state index in [1.165, 1.54) is 53.3 Å². The Kier molecular flexibility index (Phi) is 6.81. The lowest BCUT2D eigenvalue weighted by Crippen LogP contribution is -2.47. The van der Waals surface area contributed by atoms with Crippen LogP contribution < -0.4 is 5.32 Å². The number of benzene rings is 1. The Balaban J connectivity index is 0.000000960. The third kappa shape index (κ3) is 3.72. The summed E-state index contributed by atoms with van der Waals surface area (Å²) < 4.78 is 1.17. The molecule has 1 saturated carbocycles. The Morgan fingerprint density at radius 2 is 1.87 bits per heavy atom. The maximum absolute atomic E-state index is 3.63. The van der Waals surface area contributed by atoms with Gasteiger partial charge in [-0.2, -0.15) is 0 Å². The summed E-state index contributed by atoms with van der Waals surface area (Å²) in [6.45, 7) is 4.58. The first-order chi connectivity index (χ1) is 10.3. The van der Waals surface area contributed by atoms with Gasteiger partial charge in [0.25, 0.3) is 0 Å². The molecule has 6 heteroatoms. The van der Waals surface area contributed by atoms with Crippen molar-refractivity contribution >= 4 is 51.6 Å². The van der Waals surface area contributed by atoms with E-state index in [9.17, 15) is 0 Å². The summed E-state index contributed by atoms with van der Waals surface area (Å²) in [5.41, 5.74) is 2.76. The zero-order chi connectivity index (χ0) is 14.2. The summed E-state index contributed by atoms with van der Waals surface area (Å²) in [6, 6.07) is 7.16. The molecule has 0 amide bonds. The number of halogens is 3. The van der Waals surface area contributed by atoms with Gasteiger partial charge in [-0.25, -0.2) is 0 Å². The van der Waals surface area contributed by atoms with Gasteiger partial charge in [0.2, 0.25) is 0 Å². The molecule has 23 heavy (non-hydrogen) atoms. The lowest BCUT2D eigenvalue weighted by atomic mass is 9.76. The summed E-state index contributed by atoms with van der Waals surface area (Å²) in [5.74, 6) is 0.834. The van der Waals surface area contributed by atoms with Crippen LogP contribution in [0, 0.1) is 5.92 Å². The molecule has 0 unspecified atom stereocenters. The molecule has 1 aromatic carbocycles. The minimum Gasteiger partial charge on any atom is -0.361 e. The first-order valence-corrected chi connectivity index (χ1v) is 8.83. The van der Waals surface area contributed by atoms with Crippen LogP contribution in [-0.4, -0.2) is 36.1 Å². The fourth-order valence-corrected chi connectivity index (χ4v) is 4.18. The molecular weight excluding hydrogens is 397 g/mol. The zero-order valence-corrected chi connectivity index (χ0v) is 16.3. The van der Waals surface area contributed by atoms with Gasteiger partial charge in [-0.15, -0.1) is 24.8 Å². The van der Waals surface area contributed by atoms with Crippen molar-refractivity contribution in [3.05, 3.63) is 34.4 Å². The second-order valence-corrected chi connectivity index (χ2v) is 7.27. The first-order valence-electron chi connectivity index (χ1n) is 8.04. The molecule has 2 aliphatic rings. The van der Waals surface area contributed by atoms with Gasteiger partial charge >= 0.3 is 0 Å². The lowest BCUT2D eigenvalue weighted by molar-refractivity contribution is 0.0846. The Morgan fingerprint density at radius 3 is 2.52 bits per heavy atom. The molecule has 1 aliphatic heterocycles. The number of H-pyrrole nitrogens is 1. The molecule has 1 saturated heterocycles. The maximum Gasteiger partial charge on any atom is 0.0458 e. The van der Waals surface area contributed by atoms with E-state index in [-0.39, 0.29) is 24.8 Å². The molecule has 128 valence electrons. The quantitative estimate of drug-likeness (QED) is 0.764. The monoisotopic (exact) mass is 419 g/mol. The number of nitrogens with one attached hydrogen (secondary N) is 2. The number of nitrogens with zero attached hydrogens (tertiary/aromatic N) is 1. The highest BCUT2D eigenvalue weighted by Gasteiger charge is 2.34. The van der Waals surface area contributed by atoms with Crippen LogP contribution in [0.5, 0.6) is 0 Å². The smallest absolute Gasteiger partial charge is 0.0458 e. The van der Waals surface area contributed by atoms with Crippen molar-refractivity contribution in [2.75, 3.05) is 26.2 Å². The highest BCUT2D eigenvalue weighted by atomic mass is 79.9. The summed E-state index contributed by atoms with van der Waals surface area (Å²) in [5, 5.41) is 4.87. The predicted molar refractivity (Wildman–Crippen MR) is 105 cm³/mol. The van der Waals surface area contributed by atoms with Crippen LogP contribution >= 0.6 is 40.7 Å². The van der Waals surface area contributed by atoms with E-state index in [1.54, 1.807) is 0 Å². The zero-order valence-electron chi connectivity index (χ0n) is 13.1. The molecule has 4 rings (SSSR count). The molecule has 2 aromatic rings. The molecule has 1 aliphatic carbocycles. The molecule has 0 spiro atoms. The molecule has 1 aromatic heterocycles. The van der Waals surface area contributed by atoms with Crippen molar-refractivity contribution in [2.45, 2.75) is 25.3 Å². The molecule has 0 bridgehead atoms. The van der Waals surface area contributed by atoms with Crippen molar-refractivity contribution in [1.82, 2.24) is 15.2 Å². The van der Waals surface area contributed by atoms with Gasteiger partial charge in [-0.1, -0.05) is 22.4 Å². The number of aromatic amines is 1. The fourth-order valence-electron chi connectivity index (χ4n) is 3.82. The van der Waals surface area contributed by atoms with Crippen LogP contribution in [0.1, 0.15) is 30.9 Å². The summed E-state index contributed by atoms with van der Waals surface area (Å²) in [7, 11) is 0. The van der Waals surface area contributed by atoms with Crippen molar-refractivity contribution in [2.24, 2.45) is 5.92 Å². The predicted octanol–water partition coefficient (Wildman–Crippen LogP) is 4.52. The number of piperazine rings is 1. The molecule has 1 atom stereocenters. The number of fused-ring (bicyclic) bond motifs is 1. The molecular formula is C17H24BrCl2N3. The van der Waals surface area contributed by atoms with Crippen molar-refractivity contribution in [1.29, 1.82) is 0 Å². The van der Waals surface area contributed by atoms with E-state index in [4.69, 9.17) is 0 Å². The molecule has 3 nitrogen and oxygen atoms in total. The number of hydrogen-bond acceptors (Lipinski definition) is 2. The minimum atomic E-state index is 0. The van der Waals surface area contributed by atoms with Gasteiger partial charge in [-0.3, -0.25) is 4.90 Å². The largest absolute Gasteiger partial charge is 0.361 e. The third-order valence-electron chi connectivity index (χ3n) is 5.14. The number of aromatic nitrogens is 1. The van der Waals surface area contributed by atoms with Crippen molar-refractivity contribution in [3.8, 4) is 0 Å². The van der Waals surface area contributed by atoms with E-state index in [0.717, 1.165) is 19.0 Å². The fraction of sp³-hybridized carbons (Fsp3) is 0.529. The maximum atomic E-state index is 3.63. The van der Waals surface area contributed by atoms with E-state index < -0.39 is 0 Å². The molecule has 0 radical (unpaired) electrons. The average molecular weight is 421 g/mol. The van der Waals surface area contributed by atoms with Crippen molar-refractivity contribution in [3.63, 3.8) is 0 Å². The minimum absolute atomic E-state index is 0. The van der Waals surface area contributed by atoms with Gasteiger partial charge in [-0.05, 0) is 42.5 Å². The Hall–Kier alpha value is -0.260. The van der Waals surface area contributed by atoms with Gasteiger partial charge < -0.3 is 10.3 Å².